The lowest BCUT2D eigenvalue weighted by atomic mass is 10.1. The van der Waals surface area contributed by atoms with Gasteiger partial charge in [-0.2, -0.15) is 5.10 Å². The third-order valence-corrected chi connectivity index (χ3v) is 4.47. The summed E-state index contributed by atoms with van der Waals surface area (Å²) in [6.45, 7) is 8.13. The molecule has 0 fully saturated rings. The van der Waals surface area contributed by atoms with Crippen LogP contribution in [0.2, 0.25) is 0 Å². The number of hydrogen-bond donors (Lipinski definition) is 1. The Hall–Kier alpha value is -2.95. The Labute approximate surface area is 152 Å². The number of benzene rings is 2. The molecule has 0 bridgehead atoms. The summed E-state index contributed by atoms with van der Waals surface area (Å²) in [5.74, 6) is -0.425. The van der Waals surface area contributed by atoms with Gasteiger partial charge in [0.15, 0.2) is 0 Å². The Morgan fingerprint density at radius 2 is 1.88 bits per heavy atom. The predicted octanol–water partition coefficient (Wildman–Crippen LogP) is 4.56. The lowest BCUT2D eigenvalue weighted by Gasteiger charge is -2.09. The Bertz CT molecular complexity index is 975. The zero-order chi connectivity index (χ0) is 18.8. The minimum Gasteiger partial charge on any atom is -0.319 e. The minimum absolute atomic E-state index is 0.154. The second-order valence-corrected chi connectivity index (χ2v) is 6.61. The Morgan fingerprint density at radius 1 is 1.12 bits per heavy atom. The molecule has 0 radical (unpaired) electrons. The lowest BCUT2D eigenvalue weighted by Crippen LogP contribution is -2.14. The normalized spacial score (nSPS) is 10.8. The van der Waals surface area contributed by atoms with E-state index in [1.165, 1.54) is 12.1 Å². The summed E-state index contributed by atoms with van der Waals surface area (Å²) in [5, 5.41) is 7.47. The fourth-order valence-corrected chi connectivity index (χ4v) is 3.09. The SMILES string of the molecule is Cc1ccc(C(=O)Nc2c(C)nn(Cc3cccc(F)c3)c2C)c(C)c1. The van der Waals surface area contributed by atoms with Crippen LogP contribution < -0.4 is 5.32 Å². The van der Waals surface area contributed by atoms with Gasteiger partial charge in [0.1, 0.15) is 5.82 Å². The highest BCUT2D eigenvalue weighted by molar-refractivity contribution is 6.05. The maximum Gasteiger partial charge on any atom is 0.256 e. The Kier molecular flexibility index (Phi) is 4.89. The van der Waals surface area contributed by atoms with Gasteiger partial charge in [-0.15, -0.1) is 0 Å². The van der Waals surface area contributed by atoms with Gasteiger partial charge in [-0.25, -0.2) is 4.39 Å². The molecule has 1 amide bonds. The van der Waals surface area contributed by atoms with Crippen LogP contribution in [0, 0.1) is 33.5 Å². The van der Waals surface area contributed by atoms with Crippen LogP contribution in [0.25, 0.3) is 0 Å². The smallest absolute Gasteiger partial charge is 0.256 e. The number of aryl methyl sites for hydroxylation is 3. The number of carbonyl (C=O) groups is 1. The number of amides is 1. The van der Waals surface area contributed by atoms with Crippen molar-refractivity contribution >= 4 is 11.6 Å². The monoisotopic (exact) mass is 351 g/mol. The van der Waals surface area contributed by atoms with E-state index in [0.29, 0.717) is 17.8 Å². The van der Waals surface area contributed by atoms with E-state index in [-0.39, 0.29) is 11.7 Å². The first-order valence-electron chi connectivity index (χ1n) is 8.52. The zero-order valence-corrected chi connectivity index (χ0v) is 15.4. The number of nitrogens with zero attached hydrogens (tertiary/aromatic N) is 2. The van der Waals surface area contributed by atoms with E-state index in [1.807, 2.05) is 52.0 Å². The molecule has 0 spiro atoms. The van der Waals surface area contributed by atoms with Gasteiger partial charge in [0.25, 0.3) is 5.91 Å². The minimum atomic E-state index is -0.271. The van der Waals surface area contributed by atoms with Crippen LogP contribution in [0.1, 0.15) is 38.4 Å². The van der Waals surface area contributed by atoms with Crippen molar-refractivity contribution in [1.29, 1.82) is 0 Å². The van der Waals surface area contributed by atoms with Crippen molar-refractivity contribution in [2.24, 2.45) is 0 Å². The number of nitrogens with one attached hydrogen (secondary N) is 1. The van der Waals surface area contributed by atoms with E-state index in [1.54, 1.807) is 10.7 Å². The van der Waals surface area contributed by atoms with Gasteiger partial charge in [-0.05, 0) is 57.0 Å². The second kappa shape index (κ2) is 7.12. The summed E-state index contributed by atoms with van der Waals surface area (Å²) < 4.78 is 15.2. The number of carbonyl (C=O) groups excluding carboxylic acids is 1. The van der Waals surface area contributed by atoms with Gasteiger partial charge in [0, 0.05) is 5.56 Å². The Balaban J connectivity index is 1.85. The van der Waals surface area contributed by atoms with Crippen molar-refractivity contribution in [3.8, 4) is 0 Å². The summed E-state index contributed by atoms with van der Waals surface area (Å²) >= 11 is 0. The van der Waals surface area contributed by atoms with Crippen LogP contribution in [0.15, 0.2) is 42.5 Å². The van der Waals surface area contributed by atoms with E-state index in [2.05, 4.69) is 10.4 Å². The maximum atomic E-state index is 13.4. The van der Waals surface area contributed by atoms with Crippen LogP contribution >= 0.6 is 0 Å². The zero-order valence-electron chi connectivity index (χ0n) is 15.4. The van der Waals surface area contributed by atoms with Crippen LogP contribution in [0.3, 0.4) is 0 Å². The number of rotatable bonds is 4. The predicted molar refractivity (Wildman–Crippen MR) is 101 cm³/mol. The lowest BCUT2D eigenvalue weighted by molar-refractivity contribution is 0.102. The molecule has 1 aromatic heterocycles. The van der Waals surface area contributed by atoms with Crippen molar-refractivity contribution in [2.45, 2.75) is 34.2 Å². The standard InChI is InChI=1S/C21H22FN3O/c1-13-8-9-19(14(2)10-13)21(26)23-20-15(3)24-25(16(20)4)12-17-6-5-7-18(22)11-17/h5-11H,12H2,1-4H3,(H,23,26). The number of aromatic nitrogens is 2. The summed E-state index contributed by atoms with van der Waals surface area (Å²) in [6, 6.07) is 12.2. The molecular formula is C21H22FN3O. The number of hydrogen-bond acceptors (Lipinski definition) is 2. The van der Waals surface area contributed by atoms with Gasteiger partial charge in [-0.1, -0.05) is 29.8 Å². The highest BCUT2D eigenvalue weighted by Crippen LogP contribution is 2.22. The Morgan fingerprint density at radius 3 is 2.58 bits per heavy atom. The average Bonchev–Trinajstić information content (AvgIpc) is 2.82. The fourth-order valence-electron chi connectivity index (χ4n) is 3.09. The van der Waals surface area contributed by atoms with Crippen LogP contribution in [0.4, 0.5) is 10.1 Å². The van der Waals surface area contributed by atoms with Crippen molar-refractivity contribution in [3.05, 3.63) is 81.9 Å². The summed E-state index contributed by atoms with van der Waals surface area (Å²) in [6.07, 6.45) is 0. The molecule has 134 valence electrons. The summed E-state index contributed by atoms with van der Waals surface area (Å²) in [7, 11) is 0. The van der Waals surface area contributed by atoms with Gasteiger partial charge in [0.05, 0.1) is 23.6 Å². The summed E-state index contributed by atoms with van der Waals surface area (Å²) in [5.41, 5.74) is 5.79. The van der Waals surface area contributed by atoms with Gasteiger partial charge in [0.2, 0.25) is 0 Å². The van der Waals surface area contributed by atoms with Crippen molar-refractivity contribution in [1.82, 2.24) is 9.78 Å². The van der Waals surface area contributed by atoms with E-state index in [0.717, 1.165) is 28.1 Å². The van der Waals surface area contributed by atoms with E-state index in [4.69, 9.17) is 0 Å². The first-order chi connectivity index (χ1) is 12.3. The van der Waals surface area contributed by atoms with Crippen molar-refractivity contribution < 1.29 is 9.18 Å². The molecule has 0 aliphatic carbocycles. The highest BCUT2D eigenvalue weighted by Gasteiger charge is 2.16. The van der Waals surface area contributed by atoms with Gasteiger partial charge >= 0.3 is 0 Å². The number of halogens is 1. The molecule has 0 saturated heterocycles. The molecule has 0 aliphatic rings. The molecule has 4 nitrogen and oxygen atoms in total. The molecule has 0 unspecified atom stereocenters. The molecule has 0 saturated carbocycles. The van der Waals surface area contributed by atoms with Crippen LogP contribution in [-0.4, -0.2) is 15.7 Å². The van der Waals surface area contributed by atoms with Crippen LogP contribution in [0.5, 0.6) is 0 Å². The van der Waals surface area contributed by atoms with Crippen LogP contribution in [-0.2, 0) is 6.54 Å². The summed E-state index contributed by atoms with van der Waals surface area (Å²) in [4.78, 5) is 12.7. The third kappa shape index (κ3) is 3.67. The molecule has 0 atom stereocenters. The molecular weight excluding hydrogens is 329 g/mol. The van der Waals surface area contributed by atoms with Crippen molar-refractivity contribution in [3.63, 3.8) is 0 Å². The van der Waals surface area contributed by atoms with E-state index >= 15 is 0 Å². The maximum absolute atomic E-state index is 13.4. The van der Waals surface area contributed by atoms with Gasteiger partial charge < -0.3 is 5.32 Å². The molecule has 3 rings (SSSR count). The topological polar surface area (TPSA) is 46.9 Å². The first-order valence-corrected chi connectivity index (χ1v) is 8.52. The molecule has 2 aromatic carbocycles. The third-order valence-electron chi connectivity index (χ3n) is 4.47. The largest absolute Gasteiger partial charge is 0.319 e. The van der Waals surface area contributed by atoms with Crippen molar-refractivity contribution in [2.75, 3.05) is 5.32 Å². The average molecular weight is 351 g/mol. The fraction of sp³-hybridized carbons (Fsp3) is 0.238. The molecule has 1 N–H and O–H groups in total. The number of anilines is 1. The molecule has 5 heteroatoms. The molecule has 26 heavy (non-hydrogen) atoms. The first kappa shape index (κ1) is 17.9. The molecule has 1 heterocycles. The quantitative estimate of drug-likeness (QED) is 0.749. The van der Waals surface area contributed by atoms with E-state index in [9.17, 15) is 9.18 Å². The van der Waals surface area contributed by atoms with Gasteiger partial charge in [-0.3, -0.25) is 9.48 Å². The van der Waals surface area contributed by atoms with E-state index < -0.39 is 0 Å². The highest BCUT2D eigenvalue weighted by atomic mass is 19.1. The second-order valence-electron chi connectivity index (χ2n) is 6.61. The molecule has 0 aliphatic heterocycles. The molecule has 3 aromatic rings.